The van der Waals surface area contributed by atoms with Crippen LogP contribution in [-0.2, 0) is 16.7 Å². The number of hydrogen-bond donors (Lipinski definition) is 0. The second kappa shape index (κ2) is 6.39. The maximum atomic E-state index is 5.39. The van der Waals surface area contributed by atoms with Gasteiger partial charge in [-0.05, 0) is 29.5 Å². The summed E-state index contributed by atoms with van der Waals surface area (Å²) in [5.74, 6) is 0. The van der Waals surface area contributed by atoms with Crippen LogP contribution >= 0.6 is 0 Å². The van der Waals surface area contributed by atoms with Gasteiger partial charge in [0.25, 0.3) is 0 Å². The van der Waals surface area contributed by atoms with E-state index < -0.39 is 0 Å². The van der Waals surface area contributed by atoms with E-state index in [2.05, 4.69) is 53.4 Å². The van der Waals surface area contributed by atoms with E-state index in [1.54, 1.807) is 0 Å². The van der Waals surface area contributed by atoms with Crippen molar-refractivity contribution >= 4 is 11.0 Å². The second-order valence-corrected chi connectivity index (χ2v) is 7.20. The van der Waals surface area contributed by atoms with Gasteiger partial charge >= 0.3 is 0 Å². The van der Waals surface area contributed by atoms with Gasteiger partial charge in [0.2, 0.25) is 0 Å². The lowest BCUT2D eigenvalue weighted by molar-refractivity contribution is 0.0369. The number of morpholine rings is 1. The molecule has 4 heteroatoms. The highest BCUT2D eigenvalue weighted by atomic mass is 16.5. The molecule has 0 unspecified atom stereocenters. The Morgan fingerprint density at radius 3 is 2.64 bits per heavy atom. The fourth-order valence-corrected chi connectivity index (χ4v) is 3.00. The molecule has 1 fully saturated rings. The number of nitrogens with zero attached hydrogens (tertiary/aromatic N) is 3. The Morgan fingerprint density at radius 2 is 1.91 bits per heavy atom. The lowest BCUT2D eigenvalue weighted by Gasteiger charge is -2.26. The molecule has 1 aliphatic heterocycles. The van der Waals surface area contributed by atoms with E-state index in [4.69, 9.17) is 4.74 Å². The van der Waals surface area contributed by atoms with Crippen LogP contribution in [0.4, 0.5) is 0 Å². The zero-order valence-corrected chi connectivity index (χ0v) is 14.0. The third-order valence-electron chi connectivity index (χ3n) is 4.46. The van der Waals surface area contributed by atoms with Gasteiger partial charge in [-0.25, -0.2) is 4.98 Å². The predicted molar refractivity (Wildman–Crippen MR) is 90.3 cm³/mol. The van der Waals surface area contributed by atoms with E-state index >= 15 is 0 Å². The van der Waals surface area contributed by atoms with Gasteiger partial charge in [-0.15, -0.1) is 0 Å². The molecule has 1 aromatic heterocycles. The van der Waals surface area contributed by atoms with Crippen LogP contribution in [-0.4, -0.2) is 47.3 Å². The van der Waals surface area contributed by atoms with Crippen molar-refractivity contribution in [3.8, 4) is 0 Å². The molecule has 120 valence electrons. The molecule has 0 amide bonds. The van der Waals surface area contributed by atoms with Crippen LogP contribution in [0.25, 0.3) is 11.0 Å². The summed E-state index contributed by atoms with van der Waals surface area (Å²) in [6.45, 7) is 12.8. The summed E-state index contributed by atoms with van der Waals surface area (Å²) in [6, 6.07) is 6.69. The maximum absolute atomic E-state index is 5.39. The molecule has 4 nitrogen and oxygen atoms in total. The van der Waals surface area contributed by atoms with Crippen LogP contribution in [0, 0.1) is 0 Å². The molecule has 0 bridgehead atoms. The average molecular weight is 301 g/mol. The molecule has 0 aliphatic carbocycles. The third kappa shape index (κ3) is 3.50. The number of benzene rings is 1. The Balaban J connectivity index is 1.64. The van der Waals surface area contributed by atoms with Gasteiger partial charge in [0.05, 0.1) is 30.6 Å². The van der Waals surface area contributed by atoms with Crippen LogP contribution in [0.1, 0.15) is 32.8 Å². The summed E-state index contributed by atoms with van der Waals surface area (Å²) in [5, 5.41) is 0. The standard InChI is InChI=1S/C18H27N3O/c1-18(2,3)15-5-6-17-16(13-15)19-14-21(17)8-4-7-20-9-11-22-12-10-20/h5-6,13-14H,4,7-12H2,1-3H3. The van der Waals surface area contributed by atoms with Crippen LogP contribution in [0.15, 0.2) is 24.5 Å². The summed E-state index contributed by atoms with van der Waals surface area (Å²) in [6.07, 6.45) is 3.14. The predicted octanol–water partition coefficient (Wildman–Crippen LogP) is 3.06. The van der Waals surface area contributed by atoms with Gasteiger partial charge in [-0.2, -0.15) is 0 Å². The van der Waals surface area contributed by atoms with Gasteiger partial charge in [0.15, 0.2) is 0 Å². The molecule has 0 saturated carbocycles. The van der Waals surface area contributed by atoms with Crippen molar-refractivity contribution in [3.05, 3.63) is 30.1 Å². The van der Waals surface area contributed by atoms with Crippen molar-refractivity contribution in [1.29, 1.82) is 0 Å². The third-order valence-corrected chi connectivity index (χ3v) is 4.46. The normalized spacial score (nSPS) is 17.2. The monoisotopic (exact) mass is 301 g/mol. The zero-order valence-electron chi connectivity index (χ0n) is 14.0. The SMILES string of the molecule is CC(C)(C)c1ccc2c(c1)ncn2CCCN1CCOCC1. The first-order valence-corrected chi connectivity index (χ1v) is 8.29. The zero-order chi connectivity index (χ0) is 15.6. The van der Waals surface area contributed by atoms with Crippen molar-refractivity contribution in [3.63, 3.8) is 0 Å². The average Bonchev–Trinajstić information content (AvgIpc) is 2.90. The van der Waals surface area contributed by atoms with E-state index in [1.807, 2.05) is 6.33 Å². The lowest BCUT2D eigenvalue weighted by Crippen LogP contribution is -2.37. The first-order chi connectivity index (χ1) is 10.5. The summed E-state index contributed by atoms with van der Waals surface area (Å²) in [7, 11) is 0. The summed E-state index contributed by atoms with van der Waals surface area (Å²) < 4.78 is 7.67. The smallest absolute Gasteiger partial charge is 0.0958 e. The molecule has 1 saturated heterocycles. The quantitative estimate of drug-likeness (QED) is 0.869. The number of ether oxygens (including phenoxy) is 1. The van der Waals surface area contributed by atoms with Crippen LogP contribution in [0.5, 0.6) is 0 Å². The van der Waals surface area contributed by atoms with Crippen LogP contribution < -0.4 is 0 Å². The number of hydrogen-bond acceptors (Lipinski definition) is 3. The summed E-state index contributed by atoms with van der Waals surface area (Å²) in [5.41, 5.74) is 3.88. The van der Waals surface area contributed by atoms with Crippen LogP contribution in [0.3, 0.4) is 0 Å². The van der Waals surface area contributed by atoms with E-state index in [1.165, 1.54) is 11.1 Å². The van der Waals surface area contributed by atoms with E-state index in [-0.39, 0.29) is 5.41 Å². The van der Waals surface area contributed by atoms with E-state index in [0.29, 0.717) is 0 Å². The molecule has 2 heterocycles. The Kier molecular flexibility index (Phi) is 4.50. The number of imidazole rings is 1. The molecule has 0 N–H and O–H groups in total. The molecule has 0 spiro atoms. The van der Waals surface area contributed by atoms with E-state index in [0.717, 1.165) is 51.3 Å². The summed E-state index contributed by atoms with van der Waals surface area (Å²) in [4.78, 5) is 7.07. The fraction of sp³-hybridized carbons (Fsp3) is 0.611. The number of aromatic nitrogens is 2. The highest BCUT2D eigenvalue weighted by Crippen LogP contribution is 2.25. The minimum Gasteiger partial charge on any atom is -0.379 e. The second-order valence-electron chi connectivity index (χ2n) is 7.20. The topological polar surface area (TPSA) is 30.3 Å². The van der Waals surface area contributed by atoms with Gasteiger partial charge in [-0.1, -0.05) is 26.8 Å². The number of fused-ring (bicyclic) bond motifs is 1. The van der Waals surface area contributed by atoms with Gasteiger partial charge in [-0.3, -0.25) is 4.90 Å². The molecule has 2 aromatic rings. The van der Waals surface area contributed by atoms with E-state index in [9.17, 15) is 0 Å². The summed E-state index contributed by atoms with van der Waals surface area (Å²) >= 11 is 0. The van der Waals surface area contributed by atoms with Gasteiger partial charge in [0.1, 0.15) is 0 Å². The Hall–Kier alpha value is -1.39. The lowest BCUT2D eigenvalue weighted by atomic mass is 9.87. The minimum absolute atomic E-state index is 0.175. The Morgan fingerprint density at radius 1 is 1.14 bits per heavy atom. The largest absolute Gasteiger partial charge is 0.379 e. The molecule has 1 aromatic carbocycles. The molecule has 3 rings (SSSR count). The molecule has 0 atom stereocenters. The number of rotatable bonds is 4. The van der Waals surface area contributed by atoms with Crippen LogP contribution in [0.2, 0.25) is 0 Å². The highest BCUT2D eigenvalue weighted by molar-refractivity contribution is 5.76. The maximum Gasteiger partial charge on any atom is 0.0958 e. The van der Waals surface area contributed by atoms with Crippen molar-refractivity contribution in [1.82, 2.24) is 14.5 Å². The molecule has 1 aliphatic rings. The van der Waals surface area contributed by atoms with Crippen molar-refractivity contribution in [2.45, 2.75) is 39.2 Å². The van der Waals surface area contributed by atoms with Crippen molar-refractivity contribution < 1.29 is 4.74 Å². The highest BCUT2D eigenvalue weighted by Gasteiger charge is 2.15. The fourth-order valence-electron chi connectivity index (χ4n) is 3.00. The molecule has 0 radical (unpaired) electrons. The van der Waals surface area contributed by atoms with Gasteiger partial charge in [0, 0.05) is 26.2 Å². The van der Waals surface area contributed by atoms with Crippen molar-refractivity contribution in [2.24, 2.45) is 0 Å². The first-order valence-electron chi connectivity index (χ1n) is 8.29. The van der Waals surface area contributed by atoms with Gasteiger partial charge < -0.3 is 9.30 Å². The number of aryl methyl sites for hydroxylation is 1. The molecular weight excluding hydrogens is 274 g/mol. The molecular formula is C18H27N3O. The minimum atomic E-state index is 0.175. The Bertz CT molecular complexity index is 621. The molecule has 22 heavy (non-hydrogen) atoms. The Labute approximate surface area is 133 Å². The van der Waals surface area contributed by atoms with Crippen molar-refractivity contribution in [2.75, 3.05) is 32.8 Å². The first kappa shape index (κ1) is 15.5.